The van der Waals surface area contributed by atoms with E-state index in [0.29, 0.717) is 6.42 Å². The lowest BCUT2D eigenvalue weighted by Gasteiger charge is -2.01. The van der Waals surface area contributed by atoms with Crippen LogP contribution in [0.2, 0.25) is 0 Å². The SMILES string of the molecule is Cc1oc(N)nc1Cc1ccc2c(c1)OCO2. The maximum atomic E-state index is 5.50. The highest BCUT2D eigenvalue weighted by Crippen LogP contribution is 2.33. The lowest BCUT2D eigenvalue weighted by molar-refractivity contribution is 0.174. The summed E-state index contributed by atoms with van der Waals surface area (Å²) in [5.74, 6) is 2.31. The van der Waals surface area contributed by atoms with Gasteiger partial charge >= 0.3 is 0 Å². The fourth-order valence-corrected chi connectivity index (χ4v) is 1.86. The highest BCUT2D eigenvalue weighted by atomic mass is 16.7. The van der Waals surface area contributed by atoms with Crippen molar-refractivity contribution in [3.05, 3.63) is 35.2 Å². The lowest BCUT2D eigenvalue weighted by Crippen LogP contribution is -1.93. The summed E-state index contributed by atoms with van der Waals surface area (Å²) in [5, 5.41) is 0. The minimum Gasteiger partial charge on any atom is -0.454 e. The first-order valence-corrected chi connectivity index (χ1v) is 5.32. The van der Waals surface area contributed by atoms with Crippen molar-refractivity contribution in [3.63, 3.8) is 0 Å². The number of aryl methyl sites for hydroxylation is 1. The highest BCUT2D eigenvalue weighted by molar-refractivity contribution is 5.45. The van der Waals surface area contributed by atoms with Crippen molar-refractivity contribution in [1.29, 1.82) is 0 Å². The van der Waals surface area contributed by atoms with Gasteiger partial charge in [0.2, 0.25) is 6.79 Å². The molecule has 0 aliphatic carbocycles. The van der Waals surface area contributed by atoms with Gasteiger partial charge in [-0.15, -0.1) is 0 Å². The number of hydrogen-bond donors (Lipinski definition) is 1. The zero-order valence-corrected chi connectivity index (χ0v) is 9.40. The fraction of sp³-hybridized carbons (Fsp3) is 0.250. The van der Waals surface area contributed by atoms with Gasteiger partial charge < -0.3 is 19.6 Å². The van der Waals surface area contributed by atoms with E-state index in [4.69, 9.17) is 19.6 Å². The van der Waals surface area contributed by atoms with E-state index in [2.05, 4.69) is 4.98 Å². The van der Waals surface area contributed by atoms with Gasteiger partial charge in [0.1, 0.15) is 5.76 Å². The van der Waals surface area contributed by atoms with E-state index in [-0.39, 0.29) is 12.8 Å². The standard InChI is InChI=1S/C12H12N2O3/c1-7-9(14-12(13)17-7)4-8-2-3-10-11(5-8)16-6-15-10/h2-3,5H,4,6H2,1H3,(H2,13,14). The number of nitrogens with zero attached hydrogens (tertiary/aromatic N) is 1. The molecular formula is C12H12N2O3. The zero-order chi connectivity index (χ0) is 11.8. The van der Waals surface area contributed by atoms with Gasteiger partial charge in [0.25, 0.3) is 6.01 Å². The van der Waals surface area contributed by atoms with Crippen LogP contribution in [0.25, 0.3) is 0 Å². The number of benzene rings is 1. The predicted molar refractivity (Wildman–Crippen MR) is 61.0 cm³/mol. The molecule has 0 saturated heterocycles. The third-order valence-electron chi connectivity index (χ3n) is 2.72. The van der Waals surface area contributed by atoms with Gasteiger partial charge in [-0.1, -0.05) is 6.07 Å². The molecule has 0 saturated carbocycles. The van der Waals surface area contributed by atoms with Crippen molar-refractivity contribution in [2.45, 2.75) is 13.3 Å². The molecule has 2 N–H and O–H groups in total. The van der Waals surface area contributed by atoms with E-state index in [1.165, 1.54) is 0 Å². The molecule has 1 aromatic heterocycles. The number of hydrogen-bond acceptors (Lipinski definition) is 5. The first kappa shape index (κ1) is 10.0. The number of rotatable bonds is 2. The van der Waals surface area contributed by atoms with Crippen molar-refractivity contribution >= 4 is 6.01 Å². The van der Waals surface area contributed by atoms with E-state index >= 15 is 0 Å². The molecule has 5 nitrogen and oxygen atoms in total. The molecule has 0 spiro atoms. The van der Waals surface area contributed by atoms with Gasteiger partial charge in [-0.25, -0.2) is 0 Å². The van der Waals surface area contributed by atoms with Crippen molar-refractivity contribution < 1.29 is 13.9 Å². The Kier molecular flexibility index (Phi) is 2.18. The first-order chi connectivity index (χ1) is 8.22. The van der Waals surface area contributed by atoms with Crippen LogP contribution >= 0.6 is 0 Å². The Labute approximate surface area is 98.2 Å². The molecule has 2 aromatic rings. The number of nitrogen functional groups attached to an aromatic ring is 1. The summed E-state index contributed by atoms with van der Waals surface area (Å²) in [7, 11) is 0. The second-order valence-corrected chi connectivity index (χ2v) is 3.92. The molecule has 17 heavy (non-hydrogen) atoms. The summed E-state index contributed by atoms with van der Waals surface area (Å²) < 4.78 is 15.8. The monoisotopic (exact) mass is 232 g/mol. The second-order valence-electron chi connectivity index (χ2n) is 3.92. The Balaban J connectivity index is 1.88. The number of fused-ring (bicyclic) bond motifs is 1. The molecule has 1 aromatic carbocycles. The van der Waals surface area contributed by atoms with E-state index < -0.39 is 0 Å². The number of oxazole rings is 1. The molecule has 0 unspecified atom stereocenters. The van der Waals surface area contributed by atoms with Gasteiger partial charge in [0, 0.05) is 6.42 Å². The smallest absolute Gasteiger partial charge is 0.292 e. The van der Waals surface area contributed by atoms with Crippen LogP contribution in [-0.4, -0.2) is 11.8 Å². The van der Waals surface area contributed by atoms with Crippen molar-refractivity contribution in [2.75, 3.05) is 12.5 Å². The molecule has 88 valence electrons. The molecule has 0 bridgehead atoms. The molecule has 3 rings (SSSR count). The predicted octanol–water partition coefficient (Wildman–Crippen LogP) is 1.88. The number of aromatic nitrogens is 1. The van der Waals surface area contributed by atoms with E-state index in [9.17, 15) is 0 Å². The van der Waals surface area contributed by atoms with Gasteiger partial charge in [0.15, 0.2) is 11.5 Å². The van der Waals surface area contributed by atoms with E-state index in [0.717, 1.165) is 28.5 Å². The van der Waals surface area contributed by atoms with Crippen LogP contribution in [0.5, 0.6) is 11.5 Å². The number of ether oxygens (including phenoxy) is 2. The zero-order valence-electron chi connectivity index (χ0n) is 9.40. The summed E-state index contributed by atoms with van der Waals surface area (Å²) in [6.07, 6.45) is 0.670. The quantitative estimate of drug-likeness (QED) is 0.856. The number of anilines is 1. The van der Waals surface area contributed by atoms with Crippen LogP contribution in [0, 0.1) is 6.92 Å². The largest absolute Gasteiger partial charge is 0.454 e. The summed E-state index contributed by atoms with van der Waals surface area (Å²) >= 11 is 0. The van der Waals surface area contributed by atoms with Gasteiger partial charge in [-0.2, -0.15) is 4.98 Å². The normalized spacial score (nSPS) is 13.0. The second kappa shape index (κ2) is 3.69. The molecule has 5 heteroatoms. The van der Waals surface area contributed by atoms with E-state index in [1.807, 2.05) is 25.1 Å². The van der Waals surface area contributed by atoms with Crippen LogP contribution in [0.3, 0.4) is 0 Å². The van der Waals surface area contributed by atoms with Crippen molar-refractivity contribution in [1.82, 2.24) is 4.98 Å². The Hall–Kier alpha value is -2.17. The molecule has 0 radical (unpaired) electrons. The highest BCUT2D eigenvalue weighted by Gasteiger charge is 2.14. The van der Waals surface area contributed by atoms with Crippen LogP contribution < -0.4 is 15.2 Å². The van der Waals surface area contributed by atoms with Crippen LogP contribution in [-0.2, 0) is 6.42 Å². The third kappa shape index (κ3) is 1.80. The molecule has 0 atom stereocenters. The summed E-state index contributed by atoms with van der Waals surface area (Å²) in [5.41, 5.74) is 7.44. The van der Waals surface area contributed by atoms with E-state index in [1.54, 1.807) is 0 Å². The number of nitrogens with two attached hydrogens (primary N) is 1. The van der Waals surface area contributed by atoms with Crippen molar-refractivity contribution in [2.24, 2.45) is 0 Å². The average Bonchev–Trinajstić information content (AvgIpc) is 2.85. The minimum atomic E-state index is 0.207. The lowest BCUT2D eigenvalue weighted by atomic mass is 10.1. The third-order valence-corrected chi connectivity index (χ3v) is 2.72. The average molecular weight is 232 g/mol. The molecular weight excluding hydrogens is 220 g/mol. The van der Waals surface area contributed by atoms with Crippen LogP contribution in [0.1, 0.15) is 17.0 Å². The van der Waals surface area contributed by atoms with Gasteiger partial charge in [-0.05, 0) is 24.6 Å². The molecule has 0 fully saturated rings. The molecule has 0 amide bonds. The Morgan fingerprint density at radius 3 is 2.88 bits per heavy atom. The Bertz CT molecular complexity index is 563. The summed E-state index contributed by atoms with van der Waals surface area (Å²) in [6, 6.07) is 6.04. The summed E-state index contributed by atoms with van der Waals surface area (Å²) in [6.45, 7) is 2.14. The Morgan fingerprint density at radius 2 is 2.12 bits per heavy atom. The molecule has 1 aliphatic heterocycles. The molecule has 1 aliphatic rings. The fourth-order valence-electron chi connectivity index (χ4n) is 1.86. The Morgan fingerprint density at radius 1 is 1.29 bits per heavy atom. The van der Waals surface area contributed by atoms with Gasteiger partial charge in [-0.3, -0.25) is 0 Å². The maximum absolute atomic E-state index is 5.50. The summed E-state index contributed by atoms with van der Waals surface area (Å²) in [4.78, 5) is 4.14. The topological polar surface area (TPSA) is 70.5 Å². The molecule has 2 heterocycles. The first-order valence-electron chi connectivity index (χ1n) is 5.32. The van der Waals surface area contributed by atoms with Crippen LogP contribution in [0.15, 0.2) is 22.6 Å². The van der Waals surface area contributed by atoms with Crippen molar-refractivity contribution in [3.8, 4) is 11.5 Å². The maximum Gasteiger partial charge on any atom is 0.292 e. The minimum absolute atomic E-state index is 0.207. The van der Waals surface area contributed by atoms with Crippen LogP contribution in [0.4, 0.5) is 6.01 Å². The van der Waals surface area contributed by atoms with Gasteiger partial charge in [0.05, 0.1) is 5.69 Å².